The van der Waals surface area contributed by atoms with Gasteiger partial charge < -0.3 is 20.1 Å². The number of aryl methyl sites for hydroxylation is 1. The molecule has 1 fully saturated rings. The Morgan fingerprint density at radius 1 is 1.47 bits per heavy atom. The van der Waals surface area contributed by atoms with Crippen molar-refractivity contribution in [2.24, 2.45) is 0 Å². The van der Waals surface area contributed by atoms with E-state index in [-0.39, 0.29) is 0 Å². The van der Waals surface area contributed by atoms with Crippen molar-refractivity contribution in [3.63, 3.8) is 0 Å². The predicted octanol–water partition coefficient (Wildman–Crippen LogP) is -0.920. The zero-order valence-electron chi connectivity index (χ0n) is 10.3. The summed E-state index contributed by atoms with van der Waals surface area (Å²) in [5, 5.41) is 28.6. The third-order valence-electron chi connectivity index (χ3n) is 3.21. The van der Waals surface area contributed by atoms with Gasteiger partial charge in [-0.05, 0) is 6.42 Å². The van der Waals surface area contributed by atoms with E-state index in [9.17, 15) is 15.0 Å². The van der Waals surface area contributed by atoms with Crippen molar-refractivity contribution in [3.8, 4) is 0 Å². The molecule has 0 aliphatic carbocycles. The fourth-order valence-corrected chi connectivity index (χ4v) is 2.36. The van der Waals surface area contributed by atoms with Crippen LogP contribution in [0.4, 0.5) is 0 Å². The molecule has 8 heteroatoms. The van der Waals surface area contributed by atoms with Crippen LogP contribution in [0, 0.1) is 4.64 Å². The molecular weight excluding hydrogens is 272 g/mol. The topological polar surface area (TPSA) is 108 Å². The smallest absolute Gasteiger partial charge is 0.328 e. The van der Waals surface area contributed by atoms with Crippen LogP contribution in [0.2, 0.25) is 0 Å². The van der Waals surface area contributed by atoms with Gasteiger partial charge >= 0.3 is 5.69 Å². The maximum Gasteiger partial charge on any atom is 0.328 e. The highest BCUT2D eigenvalue weighted by molar-refractivity contribution is 7.71. The number of hydrogen-bond acceptors (Lipinski definition) is 6. The number of H-pyrrole nitrogens is 1. The second-order valence-electron chi connectivity index (χ2n) is 4.40. The highest BCUT2D eigenvalue weighted by atomic mass is 32.1. The number of nitrogens with zero attached hydrogens (tertiary/aromatic N) is 1. The molecule has 1 saturated heterocycles. The summed E-state index contributed by atoms with van der Waals surface area (Å²) < 4.78 is 6.79. The van der Waals surface area contributed by atoms with Gasteiger partial charge in [-0.15, -0.1) is 0 Å². The third-order valence-corrected chi connectivity index (χ3v) is 3.58. The minimum atomic E-state index is -1.29. The fourth-order valence-electron chi connectivity index (χ4n) is 2.08. The summed E-state index contributed by atoms with van der Waals surface area (Å²) in [6.45, 7) is 1.44. The first-order chi connectivity index (χ1) is 8.99. The molecule has 0 amide bonds. The summed E-state index contributed by atoms with van der Waals surface area (Å²) in [6, 6.07) is 0. The van der Waals surface area contributed by atoms with Crippen molar-refractivity contribution in [1.29, 1.82) is 0 Å². The molecule has 2 heterocycles. The molecule has 4 atom stereocenters. The molecule has 0 saturated carbocycles. The van der Waals surface area contributed by atoms with Crippen LogP contribution < -0.4 is 5.69 Å². The second kappa shape index (κ2) is 5.51. The quantitative estimate of drug-likeness (QED) is 0.536. The summed E-state index contributed by atoms with van der Waals surface area (Å²) >= 11 is 5.01. The first-order valence-electron chi connectivity index (χ1n) is 5.96. The van der Waals surface area contributed by atoms with Crippen molar-refractivity contribution in [1.82, 2.24) is 9.55 Å². The van der Waals surface area contributed by atoms with E-state index in [0.29, 0.717) is 11.1 Å². The van der Waals surface area contributed by atoms with Gasteiger partial charge in [0.05, 0.1) is 6.61 Å². The number of hydrogen-bond donors (Lipinski definition) is 4. The Balaban J connectivity index is 2.43. The molecule has 1 aliphatic rings. The summed E-state index contributed by atoms with van der Waals surface area (Å²) in [6.07, 6.45) is -2.37. The van der Waals surface area contributed by atoms with E-state index in [0.717, 1.165) is 10.1 Å². The van der Waals surface area contributed by atoms with Gasteiger partial charge in [-0.1, -0.05) is 19.1 Å². The lowest BCUT2D eigenvalue weighted by molar-refractivity contribution is -0.0551. The van der Waals surface area contributed by atoms with E-state index in [1.807, 2.05) is 6.92 Å². The highest BCUT2D eigenvalue weighted by Crippen LogP contribution is 2.28. The van der Waals surface area contributed by atoms with Gasteiger partial charge in [0.15, 0.2) is 6.23 Å². The normalized spacial score (nSPS) is 30.7. The van der Waals surface area contributed by atoms with Crippen molar-refractivity contribution in [2.75, 3.05) is 6.61 Å². The Morgan fingerprint density at radius 3 is 2.68 bits per heavy atom. The highest BCUT2D eigenvalue weighted by Gasteiger charge is 2.43. The molecule has 0 aromatic carbocycles. The van der Waals surface area contributed by atoms with Gasteiger partial charge in [0.1, 0.15) is 23.0 Å². The van der Waals surface area contributed by atoms with E-state index in [1.165, 1.54) is 6.20 Å². The minimum Gasteiger partial charge on any atom is -0.394 e. The number of aliphatic hydroxyl groups excluding tert-OH is 3. The zero-order chi connectivity index (χ0) is 14.2. The molecule has 1 aromatic rings. The van der Waals surface area contributed by atoms with Crippen LogP contribution in [0.5, 0.6) is 0 Å². The second-order valence-corrected chi connectivity index (χ2v) is 4.81. The molecule has 0 bridgehead atoms. The van der Waals surface area contributed by atoms with Crippen LogP contribution in [0.1, 0.15) is 18.7 Å². The molecule has 0 radical (unpaired) electrons. The number of rotatable bonds is 3. The molecule has 0 spiro atoms. The number of aromatic nitrogens is 2. The Kier molecular flexibility index (Phi) is 4.16. The third kappa shape index (κ3) is 2.49. The van der Waals surface area contributed by atoms with Crippen LogP contribution in [0.3, 0.4) is 0 Å². The van der Waals surface area contributed by atoms with Gasteiger partial charge in [0.2, 0.25) is 0 Å². The SMILES string of the molecule is CCc1cn([C@@H]2O[C@H](CO)C(O)[C@@H]2O)c(=O)[nH]c1=S. The van der Waals surface area contributed by atoms with E-state index >= 15 is 0 Å². The van der Waals surface area contributed by atoms with Gasteiger partial charge in [-0.25, -0.2) is 4.79 Å². The summed E-state index contributed by atoms with van der Waals surface area (Å²) in [5.74, 6) is 0. The molecule has 2 rings (SSSR count). The summed E-state index contributed by atoms with van der Waals surface area (Å²) in [5.41, 5.74) is 0.198. The number of ether oxygens (including phenoxy) is 1. The number of nitrogens with one attached hydrogen (secondary N) is 1. The lowest BCUT2D eigenvalue weighted by Gasteiger charge is -2.18. The Morgan fingerprint density at radius 2 is 2.16 bits per heavy atom. The van der Waals surface area contributed by atoms with Crippen LogP contribution in [-0.2, 0) is 11.2 Å². The van der Waals surface area contributed by atoms with E-state index in [4.69, 9.17) is 22.1 Å². The van der Waals surface area contributed by atoms with Crippen LogP contribution >= 0.6 is 12.2 Å². The van der Waals surface area contributed by atoms with Gasteiger partial charge in [-0.2, -0.15) is 0 Å². The largest absolute Gasteiger partial charge is 0.394 e. The maximum atomic E-state index is 11.8. The van der Waals surface area contributed by atoms with Crippen molar-refractivity contribution >= 4 is 12.2 Å². The summed E-state index contributed by atoms with van der Waals surface area (Å²) in [7, 11) is 0. The maximum absolute atomic E-state index is 11.8. The predicted molar refractivity (Wildman–Crippen MR) is 68.3 cm³/mol. The molecule has 1 aromatic heterocycles. The van der Waals surface area contributed by atoms with Crippen molar-refractivity contribution in [2.45, 2.75) is 37.9 Å². The zero-order valence-corrected chi connectivity index (χ0v) is 11.1. The monoisotopic (exact) mass is 288 g/mol. The van der Waals surface area contributed by atoms with E-state index in [1.54, 1.807) is 0 Å². The minimum absolute atomic E-state index is 0.343. The molecular formula is C11H16N2O5S. The van der Waals surface area contributed by atoms with Crippen molar-refractivity contribution in [3.05, 3.63) is 26.9 Å². The van der Waals surface area contributed by atoms with Gasteiger partial charge in [-0.3, -0.25) is 9.55 Å². The average molecular weight is 288 g/mol. The molecule has 1 unspecified atom stereocenters. The molecule has 4 N–H and O–H groups in total. The molecule has 19 heavy (non-hydrogen) atoms. The first-order valence-corrected chi connectivity index (χ1v) is 6.37. The van der Waals surface area contributed by atoms with E-state index in [2.05, 4.69) is 4.98 Å². The molecule has 1 aliphatic heterocycles. The van der Waals surface area contributed by atoms with Crippen LogP contribution in [0.15, 0.2) is 11.0 Å². The fraction of sp³-hybridized carbons (Fsp3) is 0.636. The van der Waals surface area contributed by atoms with Crippen LogP contribution in [0.25, 0.3) is 0 Å². The average Bonchev–Trinajstić information content (AvgIpc) is 2.67. The van der Waals surface area contributed by atoms with Crippen molar-refractivity contribution < 1.29 is 20.1 Å². The molecule has 7 nitrogen and oxygen atoms in total. The standard InChI is InChI=1S/C11H16N2O5S/c1-2-5-3-13(11(17)12-9(5)19)10-8(16)7(15)6(4-14)18-10/h3,6-8,10,14-16H,2,4H2,1H3,(H,12,17,19)/t6-,7?,8+,10-/m1/s1. The Labute approximate surface area is 114 Å². The van der Waals surface area contributed by atoms with Gasteiger partial charge in [0.25, 0.3) is 0 Å². The van der Waals surface area contributed by atoms with E-state index < -0.39 is 36.8 Å². The number of aliphatic hydroxyl groups is 3. The summed E-state index contributed by atoms with van der Waals surface area (Å²) in [4.78, 5) is 14.3. The molecule has 106 valence electrons. The Bertz CT molecular complexity index is 569. The number of aromatic amines is 1. The van der Waals surface area contributed by atoms with Crippen LogP contribution in [-0.4, -0.2) is 49.8 Å². The lowest BCUT2D eigenvalue weighted by Crippen LogP contribution is -2.36. The lowest BCUT2D eigenvalue weighted by atomic mass is 10.1. The first kappa shape index (κ1) is 14.4. The Hall–Kier alpha value is -1.06. The van der Waals surface area contributed by atoms with Gasteiger partial charge in [0, 0.05) is 11.8 Å².